The fourth-order valence-electron chi connectivity index (χ4n) is 2.94. The maximum Gasteiger partial charge on any atom is 0.148 e. The number of rotatable bonds is 6. The predicted octanol–water partition coefficient (Wildman–Crippen LogP) is 5.08. The van der Waals surface area contributed by atoms with Crippen LogP contribution in [-0.2, 0) is 0 Å². The lowest BCUT2D eigenvalue weighted by Crippen LogP contribution is -2.45. The first-order chi connectivity index (χ1) is 10.1. The highest BCUT2D eigenvalue weighted by molar-refractivity contribution is 6.33. The molecule has 1 atom stereocenters. The fraction of sp³-hybridized carbons (Fsp3) is 0.625. The number of benzene rings is 1. The summed E-state index contributed by atoms with van der Waals surface area (Å²) in [5.41, 5.74) is 0.571. The van der Waals surface area contributed by atoms with Crippen LogP contribution in [0.2, 0.25) is 10.0 Å². The van der Waals surface area contributed by atoms with E-state index in [2.05, 4.69) is 17.1 Å². The lowest BCUT2D eigenvalue weighted by atomic mass is 9.97. The Bertz CT molecular complexity index is 465. The zero-order valence-electron chi connectivity index (χ0n) is 12.9. The molecule has 126 valence electrons. The molecule has 0 amide bonds. The van der Waals surface area contributed by atoms with Crippen LogP contribution in [0.1, 0.15) is 44.2 Å². The van der Waals surface area contributed by atoms with Crippen molar-refractivity contribution in [3.63, 3.8) is 0 Å². The molecule has 1 N–H and O–H groups in total. The van der Waals surface area contributed by atoms with Gasteiger partial charge in [-0.2, -0.15) is 0 Å². The normalized spacial score (nSPS) is 17.1. The fourth-order valence-corrected chi connectivity index (χ4v) is 3.38. The van der Waals surface area contributed by atoms with Gasteiger partial charge in [-0.15, -0.1) is 12.4 Å². The molecule has 0 bridgehead atoms. The van der Waals surface area contributed by atoms with E-state index >= 15 is 0 Å². The van der Waals surface area contributed by atoms with Crippen LogP contribution in [0.4, 0.5) is 4.39 Å². The van der Waals surface area contributed by atoms with Crippen LogP contribution in [-0.4, -0.2) is 31.1 Å². The molecule has 0 radical (unpaired) electrons. The molecule has 1 aliphatic rings. The molecule has 6 heteroatoms. The molecular weight excluding hydrogens is 346 g/mol. The van der Waals surface area contributed by atoms with Crippen LogP contribution >= 0.6 is 35.6 Å². The van der Waals surface area contributed by atoms with Crippen LogP contribution < -0.4 is 5.32 Å². The summed E-state index contributed by atoms with van der Waals surface area (Å²) in [5.74, 6) is -0.357. The summed E-state index contributed by atoms with van der Waals surface area (Å²) in [6.07, 6.45) is 4.31. The van der Waals surface area contributed by atoms with Gasteiger partial charge in [0.2, 0.25) is 0 Å². The summed E-state index contributed by atoms with van der Waals surface area (Å²) in [6.45, 7) is 5.87. The van der Waals surface area contributed by atoms with Crippen molar-refractivity contribution in [2.24, 2.45) is 0 Å². The lowest BCUT2D eigenvalue weighted by Gasteiger charge is -2.36. The SMILES string of the molecule is CCCCC[C@@H](c1c(Cl)ccc(Cl)c1F)N1CCNCC1.Cl. The minimum absolute atomic E-state index is 0. The van der Waals surface area contributed by atoms with Gasteiger partial charge in [0, 0.05) is 42.8 Å². The Balaban J connectivity index is 0.00000242. The Hall–Kier alpha value is -0.0600. The van der Waals surface area contributed by atoms with Gasteiger partial charge in [-0.3, -0.25) is 4.90 Å². The molecule has 0 aromatic heterocycles. The van der Waals surface area contributed by atoms with E-state index in [-0.39, 0.29) is 29.3 Å². The third-order valence-corrected chi connectivity index (χ3v) is 4.71. The number of nitrogens with one attached hydrogen (secondary N) is 1. The molecule has 0 spiro atoms. The molecule has 22 heavy (non-hydrogen) atoms. The first-order valence-corrected chi connectivity index (χ1v) is 8.49. The van der Waals surface area contributed by atoms with Gasteiger partial charge in [-0.05, 0) is 18.6 Å². The number of nitrogens with zero attached hydrogens (tertiary/aromatic N) is 1. The molecule has 1 fully saturated rings. The second-order valence-corrected chi connectivity index (χ2v) is 6.37. The van der Waals surface area contributed by atoms with Crippen LogP contribution in [0, 0.1) is 5.82 Å². The van der Waals surface area contributed by atoms with E-state index < -0.39 is 0 Å². The Morgan fingerprint density at radius 2 is 1.82 bits per heavy atom. The first kappa shape index (κ1) is 20.0. The molecule has 1 heterocycles. The van der Waals surface area contributed by atoms with Crippen LogP contribution in [0.5, 0.6) is 0 Å². The topological polar surface area (TPSA) is 15.3 Å². The molecule has 0 aliphatic carbocycles. The Morgan fingerprint density at radius 1 is 1.18 bits per heavy atom. The average Bonchev–Trinajstić information content (AvgIpc) is 2.51. The second-order valence-electron chi connectivity index (χ2n) is 5.55. The van der Waals surface area contributed by atoms with Crippen LogP contribution in [0.3, 0.4) is 0 Å². The van der Waals surface area contributed by atoms with E-state index in [4.69, 9.17) is 23.2 Å². The lowest BCUT2D eigenvalue weighted by molar-refractivity contribution is 0.159. The van der Waals surface area contributed by atoms with Crippen molar-refractivity contribution in [3.8, 4) is 0 Å². The number of unbranched alkanes of at least 4 members (excludes halogenated alkanes) is 2. The quantitative estimate of drug-likeness (QED) is 0.555. The summed E-state index contributed by atoms with van der Waals surface area (Å²) >= 11 is 12.3. The minimum Gasteiger partial charge on any atom is -0.314 e. The van der Waals surface area contributed by atoms with Crippen molar-refractivity contribution in [3.05, 3.63) is 33.6 Å². The van der Waals surface area contributed by atoms with Gasteiger partial charge in [0.1, 0.15) is 5.82 Å². The van der Waals surface area contributed by atoms with Crippen LogP contribution in [0.25, 0.3) is 0 Å². The number of piperazine rings is 1. The number of hydrogen-bond donors (Lipinski definition) is 1. The zero-order valence-corrected chi connectivity index (χ0v) is 15.2. The maximum absolute atomic E-state index is 14.5. The molecule has 2 rings (SSSR count). The maximum atomic E-state index is 14.5. The van der Waals surface area contributed by atoms with Crippen molar-refractivity contribution in [2.45, 2.75) is 38.6 Å². The third kappa shape index (κ3) is 4.97. The Kier molecular flexibility index (Phi) is 9.03. The van der Waals surface area contributed by atoms with Gasteiger partial charge in [0.15, 0.2) is 0 Å². The molecule has 1 aliphatic heterocycles. The van der Waals surface area contributed by atoms with E-state index in [0.717, 1.165) is 51.9 Å². The largest absolute Gasteiger partial charge is 0.314 e. The predicted molar refractivity (Wildman–Crippen MR) is 95.0 cm³/mol. The molecule has 1 aromatic rings. The molecule has 1 saturated heterocycles. The van der Waals surface area contributed by atoms with E-state index in [1.807, 2.05) is 0 Å². The molecular formula is C16H24Cl3FN2. The van der Waals surface area contributed by atoms with Gasteiger partial charge in [-0.25, -0.2) is 4.39 Å². The van der Waals surface area contributed by atoms with Crippen molar-refractivity contribution in [1.29, 1.82) is 0 Å². The summed E-state index contributed by atoms with van der Waals surface area (Å²) in [6, 6.07) is 3.26. The third-order valence-electron chi connectivity index (χ3n) is 4.09. The van der Waals surface area contributed by atoms with Gasteiger partial charge in [0.25, 0.3) is 0 Å². The van der Waals surface area contributed by atoms with E-state index in [9.17, 15) is 4.39 Å². The molecule has 1 aromatic carbocycles. The molecule has 0 unspecified atom stereocenters. The molecule has 0 saturated carbocycles. The van der Waals surface area contributed by atoms with Gasteiger partial charge >= 0.3 is 0 Å². The first-order valence-electron chi connectivity index (χ1n) is 7.73. The van der Waals surface area contributed by atoms with Crippen molar-refractivity contribution in [2.75, 3.05) is 26.2 Å². The second kappa shape index (κ2) is 9.94. The summed E-state index contributed by atoms with van der Waals surface area (Å²) in [7, 11) is 0. The average molecular weight is 370 g/mol. The smallest absolute Gasteiger partial charge is 0.148 e. The Labute approximate surface area is 148 Å². The highest BCUT2D eigenvalue weighted by atomic mass is 35.5. The number of hydrogen-bond acceptors (Lipinski definition) is 2. The van der Waals surface area contributed by atoms with Gasteiger partial charge in [0.05, 0.1) is 5.02 Å². The summed E-state index contributed by atoms with van der Waals surface area (Å²) in [4.78, 5) is 2.33. The highest BCUT2D eigenvalue weighted by Gasteiger charge is 2.27. The van der Waals surface area contributed by atoms with E-state index in [1.54, 1.807) is 6.07 Å². The van der Waals surface area contributed by atoms with Crippen molar-refractivity contribution >= 4 is 35.6 Å². The Morgan fingerprint density at radius 3 is 2.45 bits per heavy atom. The standard InChI is InChI=1S/C16H23Cl2FN2.ClH/c1-2-3-4-5-14(21-10-8-20-9-11-21)15-12(17)6-7-13(18)16(15)19;/h6-7,14,20H,2-5,8-11H2,1H3;1H/t14-;/m0./s1. The van der Waals surface area contributed by atoms with Crippen molar-refractivity contribution < 1.29 is 4.39 Å². The summed E-state index contributed by atoms with van der Waals surface area (Å²) in [5, 5.41) is 3.98. The van der Waals surface area contributed by atoms with E-state index in [1.165, 1.54) is 6.07 Å². The van der Waals surface area contributed by atoms with Gasteiger partial charge in [-0.1, -0.05) is 49.4 Å². The van der Waals surface area contributed by atoms with Crippen LogP contribution in [0.15, 0.2) is 12.1 Å². The molecule has 2 nitrogen and oxygen atoms in total. The van der Waals surface area contributed by atoms with Gasteiger partial charge < -0.3 is 5.32 Å². The van der Waals surface area contributed by atoms with E-state index in [0.29, 0.717) is 10.6 Å². The zero-order chi connectivity index (χ0) is 15.2. The number of halogens is 4. The minimum atomic E-state index is -0.357. The summed E-state index contributed by atoms with van der Waals surface area (Å²) < 4.78 is 14.5. The highest BCUT2D eigenvalue weighted by Crippen LogP contribution is 2.36. The monoisotopic (exact) mass is 368 g/mol. The van der Waals surface area contributed by atoms with Crippen molar-refractivity contribution in [1.82, 2.24) is 10.2 Å².